The van der Waals surface area contributed by atoms with Gasteiger partial charge in [-0.2, -0.15) is 13.2 Å². The Bertz CT molecular complexity index is 1550. The zero-order chi connectivity index (χ0) is 31.3. The van der Waals surface area contributed by atoms with E-state index in [1.807, 2.05) is 0 Å². The first-order valence-corrected chi connectivity index (χ1v) is 16.0. The number of rotatable bonds is 9. The summed E-state index contributed by atoms with van der Waals surface area (Å²) in [5.41, 5.74) is -0.829. The summed E-state index contributed by atoms with van der Waals surface area (Å²) in [5.74, 6) is 0.483. The van der Waals surface area contributed by atoms with Crippen LogP contribution >= 0.6 is 34.5 Å². The smallest absolute Gasteiger partial charge is 0.404 e. The first-order chi connectivity index (χ1) is 19.3. The van der Waals surface area contributed by atoms with Gasteiger partial charge in [-0.25, -0.2) is 22.7 Å². The molecule has 1 aliphatic rings. The Morgan fingerprint density at radius 2 is 1.95 bits per heavy atom. The number of piperidine rings is 1. The van der Waals surface area contributed by atoms with Crippen molar-refractivity contribution in [1.82, 2.24) is 24.8 Å². The fourth-order valence-corrected chi connectivity index (χ4v) is 7.85. The SMILES string of the molecule is C=S(=O)(N[C@@H](CC)C(F)(F)F)c1ccc(-c2sc(-c3nnc(C(C)(C)O)o3)nc2CN2CCCC(F)(F)C2)c(Cl)c1Cl. The first-order valence-electron chi connectivity index (χ1n) is 12.7. The quantitative estimate of drug-likeness (QED) is 0.196. The minimum atomic E-state index is -4.68. The summed E-state index contributed by atoms with van der Waals surface area (Å²) in [6.07, 6.45) is -5.02. The second-order valence-corrected chi connectivity index (χ2v) is 14.3. The van der Waals surface area contributed by atoms with Gasteiger partial charge < -0.3 is 9.52 Å². The van der Waals surface area contributed by atoms with Crippen molar-refractivity contribution >= 4 is 50.1 Å². The summed E-state index contributed by atoms with van der Waals surface area (Å²) < 4.78 is 89.3. The van der Waals surface area contributed by atoms with Crippen LogP contribution in [0.5, 0.6) is 0 Å². The number of nitrogens with one attached hydrogen (secondary N) is 1. The van der Waals surface area contributed by atoms with Gasteiger partial charge in [0, 0.05) is 18.5 Å². The molecule has 232 valence electrons. The Morgan fingerprint density at radius 3 is 2.52 bits per heavy atom. The lowest BCUT2D eigenvalue weighted by molar-refractivity contribution is -0.151. The molecule has 3 heterocycles. The molecular weight excluding hydrogens is 648 g/mol. The van der Waals surface area contributed by atoms with Crippen molar-refractivity contribution in [2.75, 3.05) is 13.1 Å². The third kappa shape index (κ3) is 7.25. The lowest BCUT2D eigenvalue weighted by Crippen LogP contribution is -2.44. The summed E-state index contributed by atoms with van der Waals surface area (Å²) in [4.78, 5) is 6.27. The Hall–Kier alpha value is -1.88. The molecule has 0 saturated carbocycles. The monoisotopic (exact) mass is 675 g/mol. The fourth-order valence-electron chi connectivity index (χ4n) is 4.35. The second kappa shape index (κ2) is 11.9. The van der Waals surface area contributed by atoms with Gasteiger partial charge in [0.05, 0.1) is 41.8 Å². The molecule has 1 saturated heterocycles. The van der Waals surface area contributed by atoms with Crippen molar-refractivity contribution in [3.63, 3.8) is 0 Å². The van der Waals surface area contributed by atoms with E-state index in [0.717, 1.165) is 11.3 Å². The molecule has 0 spiro atoms. The first kappa shape index (κ1) is 33.0. The van der Waals surface area contributed by atoms with E-state index in [-0.39, 0.29) is 56.7 Å². The van der Waals surface area contributed by atoms with Crippen LogP contribution in [0.3, 0.4) is 0 Å². The molecule has 3 aromatic rings. The van der Waals surface area contributed by atoms with Gasteiger partial charge in [-0.15, -0.1) is 21.5 Å². The van der Waals surface area contributed by atoms with Crippen molar-refractivity contribution < 1.29 is 35.7 Å². The van der Waals surface area contributed by atoms with Crippen LogP contribution in [0.25, 0.3) is 21.3 Å². The molecule has 2 N–H and O–H groups in total. The number of likely N-dealkylation sites (tertiary alicyclic amines) is 1. The molecule has 0 bridgehead atoms. The fraction of sp³-hybridized carbons (Fsp3) is 0.520. The third-order valence-corrected chi connectivity index (χ3v) is 10.3. The van der Waals surface area contributed by atoms with E-state index in [4.69, 9.17) is 27.6 Å². The van der Waals surface area contributed by atoms with Gasteiger partial charge in [0.15, 0.2) is 5.01 Å². The van der Waals surface area contributed by atoms with E-state index in [2.05, 4.69) is 25.8 Å². The zero-order valence-corrected chi connectivity index (χ0v) is 25.8. The van der Waals surface area contributed by atoms with Gasteiger partial charge in [0.2, 0.25) is 5.89 Å². The topological polar surface area (TPSA) is 104 Å². The molecule has 0 aliphatic carbocycles. The minimum absolute atomic E-state index is 0.000997. The third-order valence-electron chi connectivity index (χ3n) is 6.46. The molecule has 42 heavy (non-hydrogen) atoms. The number of nitrogens with zero attached hydrogens (tertiary/aromatic N) is 4. The highest BCUT2D eigenvalue weighted by atomic mass is 35.5. The van der Waals surface area contributed by atoms with E-state index in [9.17, 15) is 31.3 Å². The Balaban J connectivity index is 1.77. The molecule has 1 aromatic carbocycles. The number of aromatic nitrogens is 3. The second-order valence-electron chi connectivity index (χ2n) is 10.5. The maximum atomic E-state index is 14.2. The van der Waals surface area contributed by atoms with Crippen molar-refractivity contribution in [3.05, 3.63) is 33.8 Å². The average molecular weight is 677 g/mol. The van der Waals surface area contributed by atoms with Crippen LogP contribution in [0.4, 0.5) is 22.0 Å². The highest BCUT2D eigenvalue weighted by Gasteiger charge is 2.40. The predicted octanol–water partition coefficient (Wildman–Crippen LogP) is 6.55. The molecule has 2 atom stereocenters. The lowest BCUT2D eigenvalue weighted by atomic mass is 10.1. The summed E-state index contributed by atoms with van der Waals surface area (Å²) in [6.45, 7) is 4.11. The largest absolute Gasteiger partial charge is 0.415 e. The minimum Gasteiger partial charge on any atom is -0.415 e. The Kier molecular flexibility index (Phi) is 9.36. The van der Waals surface area contributed by atoms with Crippen LogP contribution < -0.4 is 4.72 Å². The van der Waals surface area contributed by atoms with Crippen molar-refractivity contribution in [3.8, 4) is 21.3 Å². The number of alkyl halides is 5. The zero-order valence-electron chi connectivity index (χ0n) is 22.7. The number of hydrogen-bond acceptors (Lipinski definition) is 8. The maximum Gasteiger partial charge on any atom is 0.404 e. The lowest BCUT2D eigenvalue weighted by Gasteiger charge is -2.32. The van der Waals surface area contributed by atoms with Gasteiger partial charge in [-0.1, -0.05) is 36.2 Å². The van der Waals surface area contributed by atoms with Crippen LogP contribution in [0, 0.1) is 0 Å². The van der Waals surface area contributed by atoms with Crippen LogP contribution in [-0.4, -0.2) is 66.5 Å². The highest BCUT2D eigenvalue weighted by molar-refractivity contribution is 7.98. The Labute approximate surface area is 253 Å². The van der Waals surface area contributed by atoms with Gasteiger partial charge in [-0.05, 0) is 45.2 Å². The van der Waals surface area contributed by atoms with E-state index >= 15 is 0 Å². The Morgan fingerprint density at radius 1 is 1.26 bits per heavy atom. The number of benzene rings is 1. The summed E-state index contributed by atoms with van der Waals surface area (Å²) >= 11 is 14.1. The van der Waals surface area contributed by atoms with Crippen LogP contribution in [-0.2, 0) is 21.9 Å². The normalized spacial score (nSPS) is 18.6. The van der Waals surface area contributed by atoms with Gasteiger partial charge >= 0.3 is 6.18 Å². The molecule has 2 aromatic heterocycles. The molecular formula is C25H28Cl2F5N5O3S2. The van der Waals surface area contributed by atoms with Crippen LogP contribution in [0.1, 0.15) is 51.6 Å². The summed E-state index contributed by atoms with van der Waals surface area (Å²) in [6, 6.07) is 0.567. The molecule has 0 amide bonds. The van der Waals surface area contributed by atoms with Crippen LogP contribution in [0.15, 0.2) is 21.4 Å². The maximum absolute atomic E-state index is 14.2. The number of halogens is 7. The predicted molar refractivity (Wildman–Crippen MR) is 152 cm³/mol. The van der Waals surface area contributed by atoms with E-state index in [1.54, 1.807) is 4.90 Å². The molecule has 1 aliphatic heterocycles. The highest BCUT2D eigenvalue weighted by Crippen LogP contribution is 2.44. The number of thiazole rings is 1. The van der Waals surface area contributed by atoms with Crippen LogP contribution in [0.2, 0.25) is 10.0 Å². The van der Waals surface area contributed by atoms with Crippen molar-refractivity contribution in [2.24, 2.45) is 0 Å². The molecule has 1 unspecified atom stereocenters. The average Bonchev–Trinajstić information content (AvgIpc) is 3.50. The van der Waals surface area contributed by atoms with Gasteiger partial charge in [-0.3, -0.25) is 4.90 Å². The number of aliphatic hydroxyl groups is 1. The molecule has 8 nitrogen and oxygen atoms in total. The molecule has 1 fully saturated rings. The van der Waals surface area contributed by atoms with E-state index < -0.39 is 46.4 Å². The van der Waals surface area contributed by atoms with Crippen molar-refractivity contribution in [2.45, 2.75) is 75.2 Å². The van der Waals surface area contributed by atoms with E-state index in [1.165, 1.54) is 32.9 Å². The molecule has 0 radical (unpaired) electrons. The van der Waals surface area contributed by atoms with Crippen molar-refractivity contribution in [1.29, 1.82) is 0 Å². The molecule has 17 heteroatoms. The summed E-state index contributed by atoms with van der Waals surface area (Å²) in [7, 11) is -3.75. The molecule has 4 rings (SSSR count). The number of hydrogen-bond donors (Lipinski definition) is 2. The van der Waals surface area contributed by atoms with Gasteiger partial charge in [0.1, 0.15) is 11.6 Å². The van der Waals surface area contributed by atoms with Gasteiger partial charge in [0.25, 0.3) is 11.8 Å². The summed E-state index contributed by atoms with van der Waals surface area (Å²) in [5, 5.41) is 17.8. The van der Waals surface area contributed by atoms with E-state index in [0.29, 0.717) is 17.1 Å². The standard InChI is InChI=1S/C25H28Cl2F5N5O3S2/c1-5-16(25(30,31)32)36-42(4,39)15-8-7-13(17(26)18(15)27)19-14(11-37-10-6-9-24(28,29)12-37)33-21(41-19)20-34-35-22(40-20)23(2,3)38/h7-8,16,38H,4-6,9-12H2,1-3H3,(H,36,39)/t16-,42?/m0/s1.